The summed E-state index contributed by atoms with van der Waals surface area (Å²) in [4.78, 5) is 24.7. The third kappa shape index (κ3) is 2.51. The Morgan fingerprint density at radius 2 is 1.88 bits per heavy atom. The van der Waals surface area contributed by atoms with Crippen molar-refractivity contribution in [1.29, 1.82) is 0 Å². The van der Waals surface area contributed by atoms with Crippen molar-refractivity contribution < 1.29 is 14.7 Å². The van der Waals surface area contributed by atoms with Gasteiger partial charge in [0, 0.05) is 11.7 Å². The lowest BCUT2D eigenvalue weighted by molar-refractivity contribution is -0.151. The van der Waals surface area contributed by atoms with Crippen molar-refractivity contribution in [2.24, 2.45) is 11.8 Å². The second kappa shape index (κ2) is 5.08. The smallest absolute Gasteiger partial charge is 0.327 e. The Hall–Kier alpha value is -0.710. The van der Waals surface area contributed by atoms with Crippen LogP contribution in [-0.2, 0) is 9.59 Å². The Morgan fingerprint density at radius 1 is 1.31 bits per heavy atom. The average molecular weight is 245 g/mol. The summed E-state index contributed by atoms with van der Waals surface area (Å²) in [6, 6.07) is -0.660. The maximum atomic E-state index is 12.0. The van der Waals surface area contributed by atoms with Crippen LogP contribution in [0.1, 0.15) is 27.7 Å². The number of hydrogen-bond donors (Lipinski definition) is 1. The fourth-order valence-corrected chi connectivity index (χ4v) is 3.29. The fraction of sp³-hybridized carbons (Fsp3) is 0.818. The number of nitrogens with zero attached hydrogens (tertiary/aromatic N) is 1. The van der Waals surface area contributed by atoms with Gasteiger partial charge in [0.1, 0.15) is 6.04 Å². The molecule has 0 spiro atoms. The molecule has 0 saturated carbocycles. The van der Waals surface area contributed by atoms with Gasteiger partial charge in [0.2, 0.25) is 5.91 Å². The zero-order valence-corrected chi connectivity index (χ0v) is 11.0. The molecule has 0 aromatic rings. The van der Waals surface area contributed by atoms with Gasteiger partial charge in [0.05, 0.1) is 5.37 Å². The van der Waals surface area contributed by atoms with Gasteiger partial charge in [-0.05, 0) is 5.92 Å². The first kappa shape index (κ1) is 13.4. The van der Waals surface area contributed by atoms with Gasteiger partial charge in [-0.25, -0.2) is 4.79 Å². The summed E-state index contributed by atoms with van der Waals surface area (Å²) < 4.78 is 0. The molecule has 4 nitrogen and oxygen atoms in total. The van der Waals surface area contributed by atoms with E-state index in [9.17, 15) is 9.59 Å². The first-order chi connectivity index (χ1) is 7.36. The van der Waals surface area contributed by atoms with Crippen LogP contribution in [-0.4, -0.2) is 39.1 Å². The second-order valence-corrected chi connectivity index (χ2v) is 5.87. The summed E-state index contributed by atoms with van der Waals surface area (Å²) >= 11 is 1.56. The van der Waals surface area contributed by atoms with Gasteiger partial charge >= 0.3 is 5.97 Å². The number of thioether (sulfide) groups is 1. The number of hydrogen-bond acceptors (Lipinski definition) is 3. The summed E-state index contributed by atoms with van der Waals surface area (Å²) in [5.74, 6) is -0.337. The highest BCUT2D eigenvalue weighted by molar-refractivity contribution is 8.00. The zero-order valence-electron chi connectivity index (χ0n) is 10.1. The molecule has 0 aromatic heterocycles. The van der Waals surface area contributed by atoms with Crippen molar-refractivity contribution in [3.63, 3.8) is 0 Å². The Labute approximate surface area is 100 Å². The molecule has 2 atom stereocenters. The average Bonchev–Trinajstić information content (AvgIpc) is 2.59. The zero-order chi connectivity index (χ0) is 12.5. The van der Waals surface area contributed by atoms with Gasteiger partial charge in [0.15, 0.2) is 0 Å². The van der Waals surface area contributed by atoms with Crippen LogP contribution in [0.4, 0.5) is 0 Å². The van der Waals surface area contributed by atoms with Gasteiger partial charge in [-0.15, -0.1) is 11.8 Å². The molecule has 1 saturated heterocycles. The molecule has 5 heteroatoms. The predicted octanol–water partition coefficient (Wildman–Crippen LogP) is 1.65. The SMILES string of the molecule is CC(C)C(=O)N1C(C(=O)O)CSC1C(C)C. The maximum absolute atomic E-state index is 12.0. The van der Waals surface area contributed by atoms with Crippen molar-refractivity contribution >= 4 is 23.6 Å². The van der Waals surface area contributed by atoms with E-state index in [0.29, 0.717) is 5.75 Å². The topological polar surface area (TPSA) is 57.6 Å². The normalized spacial score (nSPS) is 25.5. The molecule has 0 bridgehead atoms. The summed E-state index contributed by atoms with van der Waals surface area (Å²) in [5, 5.41) is 9.10. The number of amides is 1. The fourth-order valence-electron chi connectivity index (χ4n) is 1.81. The summed E-state index contributed by atoms with van der Waals surface area (Å²) in [7, 11) is 0. The van der Waals surface area contributed by atoms with Crippen molar-refractivity contribution in [3.8, 4) is 0 Å². The van der Waals surface area contributed by atoms with E-state index < -0.39 is 12.0 Å². The third-order valence-electron chi connectivity index (χ3n) is 2.64. The molecule has 16 heavy (non-hydrogen) atoms. The van der Waals surface area contributed by atoms with Crippen LogP contribution in [0, 0.1) is 11.8 Å². The highest BCUT2D eigenvalue weighted by Crippen LogP contribution is 2.35. The standard InChI is InChI=1S/C11H19NO3S/c1-6(2)9(13)12-8(11(14)15)5-16-10(12)7(3)4/h6-8,10H,5H2,1-4H3,(H,14,15). The Kier molecular flexibility index (Phi) is 4.24. The van der Waals surface area contributed by atoms with E-state index in [1.807, 2.05) is 27.7 Å². The van der Waals surface area contributed by atoms with Crippen LogP contribution in [0.5, 0.6) is 0 Å². The first-order valence-corrected chi connectivity index (χ1v) is 6.57. The monoisotopic (exact) mass is 245 g/mol. The lowest BCUT2D eigenvalue weighted by Gasteiger charge is -2.31. The molecule has 1 aliphatic heterocycles. The van der Waals surface area contributed by atoms with Gasteiger partial charge in [-0.3, -0.25) is 4.79 Å². The van der Waals surface area contributed by atoms with Crippen LogP contribution in [0.15, 0.2) is 0 Å². The van der Waals surface area contributed by atoms with E-state index >= 15 is 0 Å². The van der Waals surface area contributed by atoms with E-state index in [-0.39, 0.29) is 23.1 Å². The molecule has 0 aromatic carbocycles. The van der Waals surface area contributed by atoms with E-state index in [1.165, 1.54) is 0 Å². The number of carboxylic acids is 1. The van der Waals surface area contributed by atoms with Crippen LogP contribution in [0.2, 0.25) is 0 Å². The van der Waals surface area contributed by atoms with Crippen LogP contribution in [0.25, 0.3) is 0 Å². The van der Waals surface area contributed by atoms with E-state index in [1.54, 1.807) is 16.7 Å². The maximum Gasteiger partial charge on any atom is 0.327 e. The molecule has 1 aliphatic rings. The van der Waals surface area contributed by atoms with Crippen LogP contribution >= 0.6 is 11.8 Å². The molecule has 2 unspecified atom stereocenters. The summed E-state index contributed by atoms with van der Waals surface area (Å²) in [6.07, 6.45) is 0. The lowest BCUT2D eigenvalue weighted by Crippen LogP contribution is -2.48. The lowest BCUT2D eigenvalue weighted by atomic mass is 10.1. The second-order valence-electron chi connectivity index (χ2n) is 4.72. The Bertz CT molecular complexity index is 291. The van der Waals surface area contributed by atoms with Crippen molar-refractivity contribution in [1.82, 2.24) is 4.90 Å². The molecule has 92 valence electrons. The molecule has 0 radical (unpaired) electrons. The van der Waals surface area contributed by atoms with Gasteiger partial charge in [-0.1, -0.05) is 27.7 Å². The molecular formula is C11H19NO3S. The quantitative estimate of drug-likeness (QED) is 0.821. The first-order valence-electron chi connectivity index (χ1n) is 5.52. The Balaban J connectivity index is 2.93. The molecular weight excluding hydrogens is 226 g/mol. The largest absolute Gasteiger partial charge is 0.480 e. The third-order valence-corrected chi connectivity index (χ3v) is 4.26. The summed E-state index contributed by atoms with van der Waals surface area (Å²) in [6.45, 7) is 7.65. The molecule has 1 amide bonds. The van der Waals surface area contributed by atoms with Gasteiger partial charge < -0.3 is 10.0 Å². The number of carbonyl (C=O) groups is 2. The minimum absolute atomic E-state index is 0.00370. The minimum Gasteiger partial charge on any atom is -0.480 e. The van der Waals surface area contributed by atoms with E-state index in [4.69, 9.17) is 5.11 Å². The van der Waals surface area contributed by atoms with Crippen molar-refractivity contribution in [3.05, 3.63) is 0 Å². The number of carbonyl (C=O) groups excluding carboxylic acids is 1. The number of aliphatic carboxylic acids is 1. The molecule has 1 N–H and O–H groups in total. The predicted molar refractivity (Wildman–Crippen MR) is 64.2 cm³/mol. The van der Waals surface area contributed by atoms with E-state index in [0.717, 1.165) is 0 Å². The Morgan fingerprint density at radius 3 is 2.25 bits per heavy atom. The molecule has 1 fully saturated rings. The summed E-state index contributed by atoms with van der Waals surface area (Å²) in [5.41, 5.74) is 0. The molecule has 1 heterocycles. The highest BCUT2D eigenvalue weighted by atomic mass is 32.2. The van der Waals surface area contributed by atoms with Crippen LogP contribution < -0.4 is 0 Å². The number of carboxylic acid groups (broad SMARTS) is 1. The van der Waals surface area contributed by atoms with Gasteiger partial charge in [-0.2, -0.15) is 0 Å². The molecule has 1 rings (SSSR count). The van der Waals surface area contributed by atoms with E-state index in [2.05, 4.69) is 0 Å². The van der Waals surface area contributed by atoms with Gasteiger partial charge in [0.25, 0.3) is 0 Å². The highest BCUT2D eigenvalue weighted by Gasteiger charge is 2.43. The van der Waals surface area contributed by atoms with Crippen LogP contribution in [0.3, 0.4) is 0 Å². The van der Waals surface area contributed by atoms with Crippen molar-refractivity contribution in [2.45, 2.75) is 39.1 Å². The molecule has 0 aliphatic carbocycles. The van der Waals surface area contributed by atoms with Crippen molar-refractivity contribution in [2.75, 3.05) is 5.75 Å². The minimum atomic E-state index is -0.898. The number of rotatable bonds is 3.